The molecule has 4 nitrogen and oxygen atoms in total. The molecule has 1 spiro atoms. The van der Waals surface area contributed by atoms with E-state index in [-0.39, 0.29) is 11.8 Å². The highest BCUT2D eigenvalue weighted by molar-refractivity contribution is 8.01. The van der Waals surface area contributed by atoms with Gasteiger partial charge in [0.25, 0.3) is 5.91 Å². The average Bonchev–Trinajstić information content (AvgIpc) is 2.99. The third-order valence-corrected chi connectivity index (χ3v) is 6.89. The summed E-state index contributed by atoms with van der Waals surface area (Å²) in [4.78, 5) is 29.6. The number of fused-ring (bicyclic) bond motifs is 2. The Labute approximate surface area is 174 Å². The second-order valence-electron chi connectivity index (χ2n) is 7.20. The number of thioether (sulfide) groups is 1. The summed E-state index contributed by atoms with van der Waals surface area (Å²) in [5, 5.41) is 0. The van der Waals surface area contributed by atoms with Crippen LogP contribution < -0.4 is 9.80 Å². The van der Waals surface area contributed by atoms with Crippen molar-refractivity contribution in [2.24, 2.45) is 0 Å². The third-order valence-electron chi connectivity index (χ3n) is 5.48. The van der Waals surface area contributed by atoms with Gasteiger partial charge >= 0.3 is 0 Å². The van der Waals surface area contributed by atoms with Gasteiger partial charge in [0.05, 0.1) is 12.2 Å². The van der Waals surface area contributed by atoms with Crippen LogP contribution in [0.25, 0.3) is 0 Å². The van der Waals surface area contributed by atoms with Gasteiger partial charge in [-0.25, -0.2) is 0 Å². The minimum absolute atomic E-state index is 0.0142. The predicted octanol–water partition coefficient (Wildman–Crippen LogP) is 4.56. The number of rotatable bonds is 3. The second kappa shape index (κ2) is 7.08. The van der Waals surface area contributed by atoms with E-state index >= 15 is 0 Å². The maximum absolute atomic E-state index is 14.0. The molecule has 0 aromatic heterocycles. The molecular formula is C24H20N2O2S. The van der Waals surface area contributed by atoms with Gasteiger partial charge < -0.3 is 4.90 Å². The average molecular weight is 401 g/mol. The molecule has 3 aromatic carbocycles. The van der Waals surface area contributed by atoms with Gasteiger partial charge in [-0.05, 0) is 23.8 Å². The molecule has 2 amide bonds. The molecule has 29 heavy (non-hydrogen) atoms. The molecule has 0 saturated carbocycles. The number of amides is 2. The van der Waals surface area contributed by atoms with Gasteiger partial charge in [0.2, 0.25) is 10.8 Å². The van der Waals surface area contributed by atoms with Crippen molar-refractivity contribution < 1.29 is 9.59 Å². The largest absolute Gasteiger partial charge is 0.304 e. The lowest BCUT2D eigenvalue weighted by molar-refractivity contribution is -0.125. The summed E-state index contributed by atoms with van der Waals surface area (Å²) < 4.78 is 0. The maximum atomic E-state index is 14.0. The molecule has 3 aromatic rings. The molecule has 0 bridgehead atoms. The topological polar surface area (TPSA) is 40.6 Å². The lowest BCUT2D eigenvalue weighted by Crippen LogP contribution is -2.56. The first-order chi connectivity index (χ1) is 14.2. The van der Waals surface area contributed by atoms with Crippen LogP contribution in [-0.4, -0.2) is 17.6 Å². The highest BCUT2D eigenvalue weighted by Crippen LogP contribution is 2.54. The Morgan fingerprint density at radius 3 is 2.24 bits per heavy atom. The lowest BCUT2D eigenvalue weighted by Gasteiger charge is -2.42. The minimum Gasteiger partial charge on any atom is -0.304 e. The van der Waals surface area contributed by atoms with Crippen molar-refractivity contribution in [1.82, 2.24) is 0 Å². The van der Waals surface area contributed by atoms with E-state index in [0.717, 1.165) is 22.5 Å². The van der Waals surface area contributed by atoms with Gasteiger partial charge in [-0.3, -0.25) is 14.5 Å². The summed E-state index contributed by atoms with van der Waals surface area (Å²) in [6.45, 7) is 0.482. The van der Waals surface area contributed by atoms with Crippen LogP contribution in [-0.2, 0) is 21.0 Å². The van der Waals surface area contributed by atoms with Crippen LogP contribution >= 0.6 is 11.8 Å². The fourth-order valence-electron chi connectivity index (χ4n) is 4.22. The summed E-state index contributed by atoms with van der Waals surface area (Å²) in [6, 6.07) is 27.4. The molecule has 5 heteroatoms. The van der Waals surface area contributed by atoms with Crippen LogP contribution in [0.3, 0.4) is 0 Å². The van der Waals surface area contributed by atoms with Crippen molar-refractivity contribution in [1.29, 1.82) is 0 Å². The highest BCUT2D eigenvalue weighted by atomic mass is 32.2. The predicted molar refractivity (Wildman–Crippen MR) is 117 cm³/mol. The molecule has 1 saturated heterocycles. The van der Waals surface area contributed by atoms with E-state index in [4.69, 9.17) is 0 Å². The highest BCUT2D eigenvalue weighted by Gasteiger charge is 2.58. The Morgan fingerprint density at radius 2 is 1.48 bits per heavy atom. The van der Waals surface area contributed by atoms with Crippen molar-refractivity contribution in [2.45, 2.75) is 17.8 Å². The normalized spacial score (nSPS) is 21.0. The summed E-state index contributed by atoms with van der Waals surface area (Å²) in [6.07, 6.45) is 0.426. The van der Waals surface area contributed by atoms with Crippen LogP contribution in [0.15, 0.2) is 84.9 Å². The van der Waals surface area contributed by atoms with Gasteiger partial charge in [0.1, 0.15) is 0 Å². The quantitative estimate of drug-likeness (QED) is 0.647. The van der Waals surface area contributed by atoms with Crippen molar-refractivity contribution in [3.8, 4) is 0 Å². The van der Waals surface area contributed by atoms with Crippen molar-refractivity contribution in [3.05, 3.63) is 96.1 Å². The number of hydrogen-bond donors (Lipinski definition) is 0. The fraction of sp³-hybridized carbons (Fsp3) is 0.167. The summed E-state index contributed by atoms with van der Waals surface area (Å²) in [5.74, 6) is 0.561. The van der Waals surface area contributed by atoms with Crippen molar-refractivity contribution in [2.75, 3.05) is 15.6 Å². The van der Waals surface area contributed by atoms with E-state index in [2.05, 4.69) is 0 Å². The fourth-order valence-corrected chi connectivity index (χ4v) is 5.69. The van der Waals surface area contributed by atoms with Crippen LogP contribution in [0.1, 0.15) is 17.5 Å². The van der Waals surface area contributed by atoms with Crippen molar-refractivity contribution >= 4 is 35.0 Å². The molecule has 0 aliphatic carbocycles. The number of carbonyl (C=O) groups excluding carboxylic acids is 2. The standard InChI is InChI=1S/C24H20N2O2S/c27-22-15-16-29-24(26(22)19-11-5-2-6-12-19)20-13-7-8-14-21(20)25(23(24)28)17-18-9-3-1-4-10-18/h1-14H,15-17H2/t24-/m0/s1. The van der Waals surface area contributed by atoms with E-state index in [1.807, 2.05) is 89.8 Å². The van der Waals surface area contributed by atoms with Gasteiger partial charge in [0.15, 0.2) is 0 Å². The van der Waals surface area contributed by atoms with Gasteiger partial charge in [-0.15, -0.1) is 11.8 Å². The molecule has 1 fully saturated rings. The molecule has 1 atom stereocenters. The number of benzene rings is 3. The van der Waals surface area contributed by atoms with E-state index < -0.39 is 4.87 Å². The SMILES string of the molecule is O=C1CCS[C@@]2(C(=O)N(Cc3ccccc3)c3ccccc32)N1c1ccccc1. The molecular weight excluding hydrogens is 380 g/mol. The summed E-state index contributed by atoms with van der Waals surface area (Å²) >= 11 is 1.56. The number of para-hydroxylation sites is 2. The molecule has 5 rings (SSSR count). The van der Waals surface area contributed by atoms with E-state index in [9.17, 15) is 9.59 Å². The Hall–Kier alpha value is -3.05. The number of nitrogens with zero attached hydrogens (tertiary/aromatic N) is 2. The summed E-state index contributed by atoms with van der Waals surface area (Å²) in [5.41, 5.74) is 3.59. The van der Waals surface area contributed by atoms with Crippen molar-refractivity contribution in [3.63, 3.8) is 0 Å². The Morgan fingerprint density at radius 1 is 0.828 bits per heavy atom. The molecule has 2 aliphatic heterocycles. The Bertz CT molecular complexity index is 1070. The summed E-state index contributed by atoms with van der Waals surface area (Å²) in [7, 11) is 0. The van der Waals surface area contributed by atoms with Gasteiger partial charge in [-0.2, -0.15) is 0 Å². The molecule has 0 radical (unpaired) electrons. The van der Waals surface area contributed by atoms with Gasteiger partial charge in [-0.1, -0.05) is 66.7 Å². The van der Waals surface area contributed by atoms with E-state index in [1.165, 1.54) is 0 Å². The first kappa shape index (κ1) is 18.0. The Balaban J connectivity index is 1.67. The van der Waals surface area contributed by atoms with Crippen LogP contribution in [0.4, 0.5) is 11.4 Å². The van der Waals surface area contributed by atoms with Gasteiger partial charge in [0, 0.05) is 23.4 Å². The molecule has 0 N–H and O–H groups in total. The molecule has 2 heterocycles. The monoisotopic (exact) mass is 400 g/mol. The zero-order chi connectivity index (χ0) is 19.8. The lowest BCUT2D eigenvalue weighted by atomic mass is 10.0. The smallest absolute Gasteiger partial charge is 0.269 e. The minimum atomic E-state index is -1.05. The molecule has 2 aliphatic rings. The maximum Gasteiger partial charge on any atom is 0.269 e. The molecule has 0 unspecified atom stereocenters. The third kappa shape index (κ3) is 2.76. The number of anilines is 2. The zero-order valence-electron chi connectivity index (χ0n) is 15.8. The van der Waals surface area contributed by atoms with Crippen LogP contribution in [0, 0.1) is 0 Å². The first-order valence-electron chi connectivity index (χ1n) is 9.69. The number of carbonyl (C=O) groups is 2. The first-order valence-corrected chi connectivity index (χ1v) is 10.7. The van der Waals surface area contributed by atoms with Crippen LogP contribution in [0.5, 0.6) is 0 Å². The van der Waals surface area contributed by atoms with Crippen LogP contribution in [0.2, 0.25) is 0 Å². The zero-order valence-corrected chi connectivity index (χ0v) is 16.6. The second-order valence-corrected chi connectivity index (χ2v) is 8.49. The van der Waals surface area contributed by atoms with E-state index in [0.29, 0.717) is 18.7 Å². The molecule has 144 valence electrons. The Kier molecular flexibility index (Phi) is 4.40. The van der Waals surface area contributed by atoms with E-state index in [1.54, 1.807) is 16.7 Å². The number of hydrogen-bond acceptors (Lipinski definition) is 3.